The van der Waals surface area contributed by atoms with Crippen molar-refractivity contribution < 1.29 is 19.5 Å². The summed E-state index contributed by atoms with van der Waals surface area (Å²) >= 11 is 7.63. The number of unbranched alkanes of at least 4 members (excludes halogenated alkanes) is 4. The number of aliphatic imine (C=N–C) groups is 1. The summed E-state index contributed by atoms with van der Waals surface area (Å²) in [5.74, 6) is 4.11. The van der Waals surface area contributed by atoms with Crippen LogP contribution in [0.1, 0.15) is 89.4 Å². The summed E-state index contributed by atoms with van der Waals surface area (Å²) in [4.78, 5) is 45.3. The Morgan fingerprint density at radius 2 is 1.80 bits per heavy atom. The molecule has 0 aliphatic carbocycles. The van der Waals surface area contributed by atoms with Crippen LogP contribution in [0.5, 0.6) is 0 Å². The van der Waals surface area contributed by atoms with E-state index in [1.54, 1.807) is 31.2 Å². The predicted molar refractivity (Wildman–Crippen MR) is 202 cm³/mol. The first-order chi connectivity index (χ1) is 23.9. The zero-order valence-electron chi connectivity index (χ0n) is 28.4. The zero-order chi connectivity index (χ0) is 36.4. The number of carboxylic acid groups (broad SMARTS) is 1. The van der Waals surface area contributed by atoms with Crippen LogP contribution in [-0.4, -0.2) is 59.4 Å². The summed E-state index contributed by atoms with van der Waals surface area (Å²) in [6.45, 7) is 6.25. The van der Waals surface area contributed by atoms with E-state index in [0.29, 0.717) is 40.0 Å². The summed E-state index contributed by atoms with van der Waals surface area (Å²) in [6.07, 6.45) is 4.37. The fraction of sp³-hybridized carbons (Fsp3) is 0.351. The van der Waals surface area contributed by atoms with E-state index in [1.807, 2.05) is 26.0 Å². The van der Waals surface area contributed by atoms with Gasteiger partial charge in [0.05, 0.1) is 17.7 Å². The lowest BCUT2D eigenvalue weighted by Gasteiger charge is -2.24. The number of halogens is 1. The lowest BCUT2D eigenvalue weighted by Crippen LogP contribution is -2.42. The van der Waals surface area contributed by atoms with Gasteiger partial charge in [0, 0.05) is 51.7 Å². The zero-order valence-corrected chi connectivity index (χ0v) is 30.0. The van der Waals surface area contributed by atoms with E-state index in [4.69, 9.17) is 33.1 Å². The molecule has 262 valence electrons. The predicted octanol–water partition coefficient (Wildman–Crippen LogP) is 6.51. The molecule has 0 bridgehead atoms. The second kappa shape index (κ2) is 17.7. The van der Waals surface area contributed by atoms with Gasteiger partial charge in [-0.15, -0.1) is 11.3 Å². The van der Waals surface area contributed by atoms with Gasteiger partial charge in [0.1, 0.15) is 22.7 Å². The van der Waals surface area contributed by atoms with Crippen molar-refractivity contribution in [2.24, 2.45) is 10.7 Å². The normalized spacial score (nSPS) is 13.8. The smallest absolute Gasteiger partial charge is 0.337 e. The van der Waals surface area contributed by atoms with Gasteiger partial charge >= 0.3 is 5.97 Å². The van der Waals surface area contributed by atoms with Crippen molar-refractivity contribution in [2.45, 2.75) is 71.8 Å². The molecule has 0 saturated heterocycles. The number of aromatic carboxylic acids is 1. The molecule has 0 fully saturated rings. The van der Waals surface area contributed by atoms with E-state index in [0.717, 1.165) is 47.3 Å². The van der Waals surface area contributed by atoms with Gasteiger partial charge in [-0.3, -0.25) is 30.3 Å². The molecular formula is C37H42ClN7O4S. The van der Waals surface area contributed by atoms with Crippen molar-refractivity contribution in [3.05, 3.63) is 80.2 Å². The molecular weight excluding hydrogens is 674 g/mol. The number of amides is 2. The Labute approximate surface area is 301 Å². The van der Waals surface area contributed by atoms with Crippen molar-refractivity contribution in [2.75, 3.05) is 23.3 Å². The third-order valence-corrected chi connectivity index (χ3v) is 9.61. The summed E-state index contributed by atoms with van der Waals surface area (Å²) in [5.41, 5.74) is 9.36. The van der Waals surface area contributed by atoms with Gasteiger partial charge in [0.25, 0.3) is 0 Å². The molecule has 2 amide bonds. The third-order valence-electron chi connectivity index (χ3n) is 8.17. The van der Waals surface area contributed by atoms with Gasteiger partial charge < -0.3 is 21.5 Å². The third kappa shape index (κ3) is 9.65. The van der Waals surface area contributed by atoms with Crippen molar-refractivity contribution in [3.63, 3.8) is 0 Å². The number of amidine groups is 2. The number of hydrogen-bond donors (Lipinski definition) is 6. The van der Waals surface area contributed by atoms with E-state index < -0.39 is 23.8 Å². The highest BCUT2D eigenvalue weighted by molar-refractivity contribution is 7.17. The molecule has 2 heterocycles. The molecule has 13 heteroatoms. The highest BCUT2D eigenvalue weighted by atomic mass is 35.5. The second-order valence-electron chi connectivity index (χ2n) is 11.9. The minimum Gasteiger partial charge on any atom is -0.478 e. The molecule has 1 atom stereocenters. The molecule has 0 saturated carbocycles. The fourth-order valence-corrected chi connectivity index (χ4v) is 6.80. The molecule has 3 aromatic rings. The summed E-state index contributed by atoms with van der Waals surface area (Å²) in [6, 6.07) is 10.9. The van der Waals surface area contributed by atoms with E-state index in [2.05, 4.69) is 22.5 Å². The number of rotatable bonds is 13. The first-order valence-electron chi connectivity index (χ1n) is 16.4. The summed E-state index contributed by atoms with van der Waals surface area (Å²) in [7, 11) is 0. The summed E-state index contributed by atoms with van der Waals surface area (Å²) in [5, 5.41) is 33.9. The Bertz CT molecular complexity index is 1870. The average Bonchev–Trinajstić information content (AvgIpc) is 3.28. The highest BCUT2D eigenvalue weighted by Crippen LogP contribution is 2.40. The minimum absolute atomic E-state index is 0.00161. The van der Waals surface area contributed by atoms with Crippen LogP contribution in [0.15, 0.2) is 47.5 Å². The fourth-order valence-electron chi connectivity index (χ4n) is 5.45. The number of nitrogens with two attached hydrogens (primary N) is 1. The quantitative estimate of drug-likeness (QED) is 0.0507. The molecule has 0 unspecified atom stereocenters. The van der Waals surface area contributed by atoms with Crippen LogP contribution in [-0.2, 0) is 9.59 Å². The van der Waals surface area contributed by atoms with Crippen LogP contribution < -0.4 is 21.3 Å². The number of fused-ring (bicyclic) bond motifs is 1. The van der Waals surface area contributed by atoms with Crippen LogP contribution >= 0.6 is 22.9 Å². The van der Waals surface area contributed by atoms with Crippen LogP contribution in [0.3, 0.4) is 0 Å². The number of benzene rings is 2. The first-order valence-corrected chi connectivity index (χ1v) is 17.6. The number of carbonyl (C=O) groups excluding carboxylic acids is 2. The number of thiophene rings is 1. The van der Waals surface area contributed by atoms with Gasteiger partial charge in [-0.1, -0.05) is 48.4 Å². The van der Waals surface area contributed by atoms with Crippen molar-refractivity contribution in [1.29, 1.82) is 10.8 Å². The molecule has 1 aromatic heterocycles. The molecule has 0 radical (unpaired) electrons. The molecule has 0 spiro atoms. The molecule has 1 aliphatic heterocycles. The largest absolute Gasteiger partial charge is 0.478 e. The number of carboxylic acids is 1. The number of nitrogens with one attached hydrogen (secondary N) is 4. The van der Waals surface area contributed by atoms with Gasteiger partial charge in [-0.2, -0.15) is 0 Å². The van der Waals surface area contributed by atoms with E-state index >= 15 is 0 Å². The molecule has 1 aliphatic rings. The van der Waals surface area contributed by atoms with E-state index in [-0.39, 0.29) is 36.6 Å². The Morgan fingerprint density at radius 1 is 1.08 bits per heavy atom. The number of aryl methyl sites for hydroxylation is 1. The molecule has 50 heavy (non-hydrogen) atoms. The van der Waals surface area contributed by atoms with Crippen molar-refractivity contribution in [1.82, 2.24) is 5.32 Å². The maximum atomic E-state index is 13.2. The molecule has 7 N–H and O–H groups in total. The SMILES string of the molecule is CC(=N)N1C(=N)[C@H](CC(=O)NCCC(=O)Nc2ccc(C#CCCCCCCN)c(C(=O)O)c2)N=C(c2ccc(Cl)cc2)c2c1sc(C)c2C. The van der Waals surface area contributed by atoms with Gasteiger partial charge in [0.15, 0.2) is 0 Å². The summed E-state index contributed by atoms with van der Waals surface area (Å²) < 4.78 is 0. The van der Waals surface area contributed by atoms with Gasteiger partial charge in [0.2, 0.25) is 11.8 Å². The Morgan fingerprint density at radius 3 is 2.48 bits per heavy atom. The van der Waals surface area contributed by atoms with E-state index in [1.165, 1.54) is 22.3 Å². The van der Waals surface area contributed by atoms with Crippen LogP contribution in [0, 0.1) is 36.5 Å². The lowest BCUT2D eigenvalue weighted by molar-refractivity contribution is -0.121. The van der Waals surface area contributed by atoms with Gasteiger partial charge in [-0.05, 0) is 76.1 Å². The Balaban J connectivity index is 1.40. The maximum Gasteiger partial charge on any atom is 0.337 e. The van der Waals surface area contributed by atoms with Crippen LogP contribution in [0.2, 0.25) is 5.02 Å². The second-order valence-corrected chi connectivity index (χ2v) is 13.6. The molecule has 2 aromatic carbocycles. The number of carbonyl (C=O) groups is 3. The van der Waals surface area contributed by atoms with Crippen LogP contribution in [0.25, 0.3) is 0 Å². The van der Waals surface area contributed by atoms with E-state index in [9.17, 15) is 19.5 Å². The number of anilines is 2. The topological polar surface area (TPSA) is 185 Å². The van der Waals surface area contributed by atoms with Gasteiger partial charge in [-0.25, -0.2) is 4.79 Å². The van der Waals surface area contributed by atoms with Crippen LogP contribution in [0.4, 0.5) is 10.7 Å². The Hall–Kier alpha value is -4.83. The Kier molecular flexibility index (Phi) is 13.5. The first kappa shape index (κ1) is 38.0. The lowest BCUT2D eigenvalue weighted by atomic mass is 9.99. The number of nitrogens with zero attached hydrogens (tertiary/aromatic N) is 2. The number of hydrogen-bond acceptors (Lipinski definition) is 8. The van der Waals surface area contributed by atoms with Crippen molar-refractivity contribution >= 4 is 68.8 Å². The molecule has 11 nitrogen and oxygen atoms in total. The standard InChI is InChI=1S/C37H42ClN7O4S/c1-22-23(2)50-36-33(22)34(26-11-14-27(38)15-12-26)44-30(35(41)45(36)24(3)40)21-32(47)42-19-17-31(46)43-28-16-13-25(29(20-28)37(48)49)10-8-6-4-5-7-9-18-39/h11-16,20,30,40-41H,4-7,9,17-19,21,39H2,1-3H3,(H,42,47)(H,43,46)(H,48,49)/t30-/m0/s1. The highest BCUT2D eigenvalue weighted by Gasteiger charge is 2.34. The average molecular weight is 716 g/mol. The monoisotopic (exact) mass is 715 g/mol. The minimum atomic E-state index is -1.15. The van der Waals surface area contributed by atoms with Crippen molar-refractivity contribution in [3.8, 4) is 11.8 Å². The molecule has 4 rings (SSSR count). The maximum absolute atomic E-state index is 13.2.